The van der Waals surface area contributed by atoms with Crippen molar-refractivity contribution in [3.63, 3.8) is 0 Å². The maximum absolute atomic E-state index is 10.2. The lowest BCUT2D eigenvalue weighted by atomic mass is 9.68. The van der Waals surface area contributed by atoms with Crippen molar-refractivity contribution >= 4 is 0 Å². The highest BCUT2D eigenvalue weighted by Gasteiger charge is 2.59. The summed E-state index contributed by atoms with van der Waals surface area (Å²) in [6.07, 6.45) is 8.70. The summed E-state index contributed by atoms with van der Waals surface area (Å²) >= 11 is 0. The molecule has 3 saturated carbocycles. The van der Waals surface area contributed by atoms with Gasteiger partial charge in [-0.15, -0.1) is 0 Å². The Balaban J connectivity index is 1.75. The number of aliphatic hydroxyl groups is 1. The van der Waals surface area contributed by atoms with Crippen LogP contribution in [-0.4, -0.2) is 23.3 Å². The topological polar surface area (TPSA) is 32.3 Å². The standard InChI is InChI=1S/C16H29NO/c1-15(2)11-8-9-16(3,10-11)14(15)17-12-6-4-5-7-13(12)18/h11-14,17-18H,4-10H2,1-3H3/t11-,12?,13?,14?,16+/m0/s1. The molecule has 0 aromatic carbocycles. The van der Waals surface area contributed by atoms with Crippen LogP contribution in [0.4, 0.5) is 0 Å². The fourth-order valence-corrected chi connectivity index (χ4v) is 5.24. The molecule has 3 rings (SSSR count). The van der Waals surface area contributed by atoms with Crippen molar-refractivity contribution in [2.75, 3.05) is 0 Å². The summed E-state index contributed by atoms with van der Waals surface area (Å²) in [5.41, 5.74) is 0.884. The fourth-order valence-electron chi connectivity index (χ4n) is 5.24. The Hall–Kier alpha value is -0.0800. The second-order valence-corrected chi connectivity index (χ2v) is 7.97. The van der Waals surface area contributed by atoms with Gasteiger partial charge in [-0.25, -0.2) is 0 Å². The SMILES string of the molecule is CC1(C)C(NC2CCCCC2O)[C@]2(C)CC[C@H]1C2. The molecule has 2 heteroatoms. The predicted octanol–water partition coefficient (Wildman–Crippen LogP) is 3.09. The molecule has 0 saturated heterocycles. The first-order chi connectivity index (χ1) is 8.43. The number of aliphatic hydroxyl groups excluding tert-OH is 1. The lowest BCUT2D eigenvalue weighted by molar-refractivity contribution is 0.0405. The normalized spacial score (nSPS) is 50.7. The van der Waals surface area contributed by atoms with Gasteiger partial charge in [-0.3, -0.25) is 0 Å². The van der Waals surface area contributed by atoms with Crippen molar-refractivity contribution in [2.45, 2.75) is 83.9 Å². The van der Waals surface area contributed by atoms with Gasteiger partial charge in [0.05, 0.1) is 6.10 Å². The molecule has 0 aromatic rings. The van der Waals surface area contributed by atoms with Gasteiger partial charge in [-0.2, -0.15) is 0 Å². The molecule has 0 amide bonds. The van der Waals surface area contributed by atoms with Crippen molar-refractivity contribution in [3.8, 4) is 0 Å². The van der Waals surface area contributed by atoms with Crippen molar-refractivity contribution in [2.24, 2.45) is 16.7 Å². The second-order valence-electron chi connectivity index (χ2n) is 7.97. The third-order valence-corrected chi connectivity index (χ3v) is 6.38. The Morgan fingerprint density at radius 2 is 1.78 bits per heavy atom. The molecule has 5 atom stereocenters. The third kappa shape index (κ3) is 1.84. The lowest BCUT2D eigenvalue weighted by Gasteiger charge is -2.46. The monoisotopic (exact) mass is 251 g/mol. The molecule has 0 spiro atoms. The van der Waals surface area contributed by atoms with Gasteiger partial charge in [-0.1, -0.05) is 33.6 Å². The van der Waals surface area contributed by atoms with Crippen molar-refractivity contribution in [1.82, 2.24) is 5.32 Å². The largest absolute Gasteiger partial charge is 0.392 e. The third-order valence-electron chi connectivity index (χ3n) is 6.38. The van der Waals surface area contributed by atoms with Crippen LogP contribution in [-0.2, 0) is 0 Å². The molecule has 104 valence electrons. The van der Waals surface area contributed by atoms with Crippen LogP contribution >= 0.6 is 0 Å². The zero-order valence-electron chi connectivity index (χ0n) is 12.2. The number of rotatable bonds is 2. The number of nitrogens with one attached hydrogen (secondary N) is 1. The molecular weight excluding hydrogens is 222 g/mol. The van der Waals surface area contributed by atoms with E-state index in [0.29, 0.717) is 22.9 Å². The van der Waals surface area contributed by atoms with E-state index in [1.807, 2.05) is 0 Å². The first-order valence-electron chi connectivity index (χ1n) is 7.88. The van der Waals surface area contributed by atoms with Gasteiger partial charge in [0.15, 0.2) is 0 Å². The first kappa shape index (κ1) is 12.9. The minimum Gasteiger partial charge on any atom is -0.392 e. The average Bonchev–Trinajstić information content (AvgIpc) is 2.78. The minimum atomic E-state index is -0.114. The van der Waals surface area contributed by atoms with Crippen LogP contribution in [0.1, 0.15) is 65.7 Å². The second kappa shape index (κ2) is 4.21. The van der Waals surface area contributed by atoms with Gasteiger partial charge in [0.25, 0.3) is 0 Å². The summed E-state index contributed by atoms with van der Waals surface area (Å²) in [5.74, 6) is 0.890. The maximum Gasteiger partial charge on any atom is 0.0693 e. The van der Waals surface area contributed by atoms with Gasteiger partial charge >= 0.3 is 0 Å². The van der Waals surface area contributed by atoms with E-state index in [1.165, 1.54) is 32.1 Å². The minimum absolute atomic E-state index is 0.114. The Morgan fingerprint density at radius 1 is 1.06 bits per heavy atom. The highest BCUT2D eigenvalue weighted by atomic mass is 16.3. The molecule has 0 heterocycles. The number of hydrogen-bond donors (Lipinski definition) is 2. The van der Waals surface area contributed by atoms with E-state index in [0.717, 1.165) is 18.8 Å². The molecule has 2 N–H and O–H groups in total. The van der Waals surface area contributed by atoms with Crippen LogP contribution in [0.2, 0.25) is 0 Å². The van der Waals surface area contributed by atoms with Crippen molar-refractivity contribution in [1.29, 1.82) is 0 Å². The Labute approximate surface area is 112 Å². The highest BCUT2D eigenvalue weighted by Crippen LogP contribution is 2.62. The van der Waals surface area contributed by atoms with Gasteiger partial charge in [0, 0.05) is 12.1 Å². The molecule has 0 aliphatic heterocycles. The quantitative estimate of drug-likeness (QED) is 0.790. The summed E-state index contributed by atoms with van der Waals surface area (Å²) in [4.78, 5) is 0. The summed E-state index contributed by atoms with van der Waals surface area (Å²) in [7, 11) is 0. The molecule has 0 radical (unpaired) electrons. The molecule has 3 unspecified atom stereocenters. The van der Waals surface area contributed by atoms with Crippen molar-refractivity contribution < 1.29 is 5.11 Å². The van der Waals surface area contributed by atoms with E-state index < -0.39 is 0 Å². The number of hydrogen-bond acceptors (Lipinski definition) is 2. The number of fused-ring (bicyclic) bond motifs is 2. The Bertz CT molecular complexity index is 322. The van der Waals surface area contributed by atoms with Crippen LogP contribution in [0.15, 0.2) is 0 Å². The van der Waals surface area contributed by atoms with Crippen LogP contribution in [0, 0.1) is 16.7 Å². The van der Waals surface area contributed by atoms with E-state index in [4.69, 9.17) is 0 Å². The molecule has 2 nitrogen and oxygen atoms in total. The molecular formula is C16H29NO. The molecule has 3 fully saturated rings. The van der Waals surface area contributed by atoms with E-state index in [-0.39, 0.29) is 6.10 Å². The zero-order valence-corrected chi connectivity index (χ0v) is 12.2. The molecule has 18 heavy (non-hydrogen) atoms. The van der Waals surface area contributed by atoms with Crippen molar-refractivity contribution in [3.05, 3.63) is 0 Å². The van der Waals surface area contributed by atoms with Crippen LogP contribution in [0.3, 0.4) is 0 Å². The van der Waals surface area contributed by atoms with Crippen LogP contribution < -0.4 is 5.32 Å². The average molecular weight is 251 g/mol. The molecule has 2 bridgehead atoms. The van der Waals surface area contributed by atoms with E-state index >= 15 is 0 Å². The predicted molar refractivity (Wildman–Crippen MR) is 74.4 cm³/mol. The van der Waals surface area contributed by atoms with Gasteiger partial charge in [0.2, 0.25) is 0 Å². The fraction of sp³-hybridized carbons (Fsp3) is 1.00. The van der Waals surface area contributed by atoms with E-state index in [2.05, 4.69) is 26.1 Å². The maximum atomic E-state index is 10.2. The van der Waals surface area contributed by atoms with Gasteiger partial charge in [-0.05, 0) is 48.9 Å². The van der Waals surface area contributed by atoms with Crippen LogP contribution in [0.25, 0.3) is 0 Å². The summed E-state index contributed by atoms with van der Waals surface area (Å²) < 4.78 is 0. The summed E-state index contributed by atoms with van der Waals surface area (Å²) in [6, 6.07) is 0.945. The van der Waals surface area contributed by atoms with Gasteiger partial charge in [0.1, 0.15) is 0 Å². The molecule has 3 aliphatic carbocycles. The first-order valence-corrected chi connectivity index (χ1v) is 7.88. The molecule has 0 aromatic heterocycles. The van der Waals surface area contributed by atoms with E-state index in [1.54, 1.807) is 0 Å². The smallest absolute Gasteiger partial charge is 0.0693 e. The van der Waals surface area contributed by atoms with Crippen LogP contribution in [0.5, 0.6) is 0 Å². The zero-order chi connectivity index (χ0) is 13.0. The lowest BCUT2D eigenvalue weighted by Crippen LogP contribution is -2.57. The Morgan fingerprint density at radius 3 is 2.39 bits per heavy atom. The van der Waals surface area contributed by atoms with Gasteiger partial charge < -0.3 is 10.4 Å². The summed E-state index contributed by atoms with van der Waals surface area (Å²) in [5, 5.41) is 14.1. The Kier molecular flexibility index (Phi) is 3.02. The summed E-state index contributed by atoms with van der Waals surface area (Å²) in [6.45, 7) is 7.35. The van der Waals surface area contributed by atoms with E-state index in [9.17, 15) is 5.11 Å². The highest BCUT2D eigenvalue weighted by molar-refractivity contribution is 5.12. The molecule has 3 aliphatic rings.